The van der Waals surface area contributed by atoms with Crippen molar-refractivity contribution in [2.45, 2.75) is 51.1 Å². The third-order valence-corrected chi connectivity index (χ3v) is 4.02. The van der Waals surface area contributed by atoms with E-state index in [-0.39, 0.29) is 11.9 Å². The standard InChI is InChI=1S/C15H25N5O/c1-3-8-15(2,16)14(21)17-11-12-6-5-10-20(12)13-7-4-9-18-19-13/h4,7,9,12H,3,5-6,8,10-11,16H2,1-2H3,(H,17,21). The minimum absolute atomic E-state index is 0.0738. The van der Waals surface area contributed by atoms with E-state index in [0.717, 1.165) is 31.6 Å². The first-order chi connectivity index (χ1) is 10.0. The number of nitrogens with one attached hydrogen (secondary N) is 1. The average molecular weight is 291 g/mol. The Morgan fingerprint density at radius 2 is 2.43 bits per heavy atom. The Bertz CT molecular complexity index is 462. The molecule has 2 atom stereocenters. The largest absolute Gasteiger partial charge is 0.352 e. The summed E-state index contributed by atoms with van der Waals surface area (Å²) in [5.41, 5.74) is 5.27. The maximum Gasteiger partial charge on any atom is 0.239 e. The van der Waals surface area contributed by atoms with Gasteiger partial charge in [0.05, 0.1) is 5.54 Å². The van der Waals surface area contributed by atoms with Gasteiger partial charge in [-0.15, -0.1) is 5.10 Å². The molecule has 6 heteroatoms. The summed E-state index contributed by atoms with van der Waals surface area (Å²) >= 11 is 0. The van der Waals surface area contributed by atoms with Gasteiger partial charge < -0.3 is 16.0 Å². The van der Waals surface area contributed by atoms with Crippen molar-refractivity contribution in [3.63, 3.8) is 0 Å². The zero-order valence-electron chi connectivity index (χ0n) is 12.9. The lowest BCUT2D eigenvalue weighted by molar-refractivity contribution is -0.126. The SMILES string of the molecule is CCCC(C)(N)C(=O)NCC1CCCN1c1cccnn1. The zero-order valence-corrected chi connectivity index (χ0v) is 12.9. The minimum atomic E-state index is -0.787. The summed E-state index contributed by atoms with van der Waals surface area (Å²) in [6, 6.07) is 4.11. The fourth-order valence-corrected chi connectivity index (χ4v) is 2.84. The van der Waals surface area contributed by atoms with Crippen LogP contribution in [0.25, 0.3) is 0 Å². The van der Waals surface area contributed by atoms with Crippen molar-refractivity contribution in [3.8, 4) is 0 Å². The fraction of sp³-hybridized carbons (Fsp3) is 0.667. The number of nitrogens with zero attached hydrogens (tertiary/aromatic N) is 3. The van der Waals surface area contributed by atoms with Gasteiger partial charge in [-0.05, 0) is 38.3 Å². The minimum Gasteiger partial charge on any atom is -0.352 e. The molecule has 1 aliphatic rings. The number of carbonyl (C=O) groups is 1. The molecule has 0 aromatic carbocycles. The number of nitrogens with two attached hydrogens (primary N) is 1. The normalized spacial score (nSPS) is 21.1. The van der Waals surface area contributed by atoms with Gasteiger partial charge in [-0.25, -0.2) is 0 Å². The first-order valence-corrected chi connectivity index (χ1v) is 7.66. The van der Waals surface area contributed by atoms with Crippen molar-refractivity contribution in [1.29, 1.82) is 0 Å². The van der Waals surface area contributed by atoms with Crippen LogP contribution >= 0.6 is 0 Å². The number of carbonyl (C=O) groups excluding carboxylic acids is 1. The van der Waals surface area contributed by atoms with Gasteiger partial charge in [0.15, 0.2) is 5.82 Å². The third-order valence-electron chi connectivity index (χ3n) is 4.02. The average Bonchev–Trinajstić information content (AvgIpc) is 2.94. The molecule has 0 aliphatic carbocycles. The van der Waals surface area contributed by atoms with Gasteiger partial charge in [-0.1, -0.05) is 13.3 Å². The predicted molar refractivity (Wildman–Crippen MR) is 82.9 cm³/mol. The van der Waals surface area contributed by atoms with Gasteiger partial charge in [0.1, 0.15) is 0 Å². The van der Waals surface area contributed by atoms with Crippen molar-refractivity contribution in [3.05, 3.63) is 18.3 Å². The van der Waals surface area contributed by atoms with Gasteiger partial charge in [0, 0.05) is 25.3 Å². The van der Waals surface area contributed by atoms with Crippen molar-refractivity contribution in [1.82, 2.24) is 15.5 Å². The van der Waals surface area contributed by atoms with Gasteiger partial charge >= 0.3 is 0 Å². The van der Waals surface area contributed by atoms with E-state index in [0.29, 0.717) is 13.0 Å². The Balaban J connectivity index is 1.92. The highest BCUT2D eigenvalue weighted by Gasteiger charge is 2.30. The van der Waals surface area contributed by atoms with E-state index >= 15 is 0 Å². The molecule has 21 heavy (non-hydrogen) atoms. The molecular formula is C15H25N5O. The summed E-state index contributed by atoms with van der Waals surface area (Å²) in [4.78, 5) is 14.4. The van der Waals surface area contributed by atoms with E-state index in [9.17, 15) is 4.79 Å². The lowest BCUT2D eigenvalue weighted by Gasteiger charge is -2.28. The first-order valence-electron chi connectivity index (χ1n) is 7.66. The highest BCUT2D eigenvalue weighted by atomic mass is 16.2. The van der Waals surface area contributed by atoms with Gasteiger partial charge in [-0.2, -0.15) is 5.10 Å². The first kappa shape index (κ1) is 15.7. The summed E-state index contributed by atoms with van der Waals surface area (Å²) in [5, 5.41) is 11.1. The molecule has 0 bridgehead atoms. The Kier molecular flexibility index (Phi) is 5.12. The van der Waals surface area contributed by atoms with Crippen molar-refractivity contribution in [2.75, 3.05) is 18.0 Å². The highest BCUT2D eigenvalue weighted by Crippen LogP contribution is 2.22. The number of aromatic nitrogens is 2. The Labute approximate surface area is 126 Å². The number of hydrogen-bond donors (Lipinski definition) is 2. The topological polar surface area (TPSA) is 84.1 Å². The monoisotopic (exact) mass is 291 g/mol. The zero-order chi connectivity index (χ0) is 15.3. The van der Waals surface area contributed by atoms with Crippen LogP contribution in [0.3, 0.4) is 0 Å². The summed E-state index contributed by atoms with van der Waals surface area (Å²) in [7, 11) is 0. The van der Waals surface area contributed by atoms with E-state index in [1.165, 1.54) is 0 Å². The van der Waals surface area contributed by atoms with E-state index in [1.807, 2.05) is 19.1 Å². The highest BCUT2D eigenvalue weighted by molar-refractivity contribution is 5.85. The second-order valence-corrected chi connectivity index (χ2v) is 5.95. The second kappa shape index (κ2) is 6.85. The van der Waals surface area contributed by atoms with Crippen molar-refractivity contribution < 1.29 is 4.79 Å². The van der Waals surface area contributed by atoms with Gasteiger partial charge in [-0.3, -0.25) is 4.79 Å². The molecule has 0 saturated carbocycles. The molecule has 6 nitrogen and oxygen atoms in total. The van der Waals surface area contributed by atoms with Crippen LogP contribution in [0.5, 0.6) is 0 Å². The molecule has 0 radical (unpaired) electrons. The van der Waals surface area contributed by atoms with Crippen LogP contribution in [0.4, 0.5) is 5.82 Å². The Hall–Kier alpha value is -1.69. The molecule has 3 N–H and O–H groups in total. The lowest BCUT2D eigenvalue weighted by atomic mass is 9.96. The van der Waals surface area contributed by atoms with Crippen LogP contribution in [-0.2, 0) is 4.79 Å². The summed E-state index contributed by atoms with van der Waals surface area (Å²) in [6.07, 6.45) is 5.41. The second-order valence-electron chi connectivity index (χ2n) is 5.95. The van der Waals surface area contributed by atoms with Crippen LogP contribution in [-0.4, -0.2) is 40.8 Å². The lowest BCUT2D eigenvalue weighted by Crippen LogP contribution is -2.53. The summed E-state index contributed by atoms with van der Waals surface area (Å²) in [5.74, 6) is 0.800. The molecular weight excluding hydrogens is 266 g/mol. The quantitative estimate of drug-likeness (QED) is 0.819. The van der Waals surface area contributed by atoms with Crippen LogP contribution in [0.2, 0.25) is 0 Å². The Morgan fingerprint density at radius 3 is 3.10 bits per heavy atom. The molecule has 1 fully saturated rings. The van der Waals surface area contributed by atoms with Gasteiger partial charge in [0.25, 0.3) is 0 Å². The summed E-state index contributed by atoms with van der Waals surface area (Å²) < 4.78 is 0. The van der Waals surface area contributed by atoms with Crippen LogP contribution in [0.15, 0.2) is 18.3 Å². The smallest absolute Gasteiger partial charge is 0.239 e. The number of rotatable bonds is 6. The van der Waals surface area contributed by atoms with Gasteiger partial charge in [0.2, 0.25) is 5.91 Å². The molecule has 0 spiro atoms. The van der Waals surface area contributed by atoms with Crippen LogP contribution in [0, 0.1) is 0 Å². The third kappa shape index (κ3) is 3.91. The van der Waals surface area contributed by atoms with Crippen LogP contribution in [0.1, 0.15) is 39.5 Å². The molecule has 1 aliphatic heterocycles. The fourth-order valence-electron chi connectivity index (χ4n) is 2.84. The number of amides is 1. The molecule has 2 rings (SSSR count). The van der Waals surface area contributed by atoms with Crippen molar-refractivity contribution >= 4 is 11.7 Å². The predicted octanol–water partition coefficient (Wildman–Crippen LogP) is 1.08. The van der Waals surface area contributed by atoms with E-state index in [2.05, 4.69) is 20.4 Å². The molecule has 1 amide bonds. The Morgan fingerprint density at radius 1 is 1.62 bits per heavy atom. The molecule has 2 heterocycles. The summed E-state index contributed by atoms with van der Waals surface area (Å²) in [6.45, 7) is 5.38. The molecule has 1 saturated heterocycles. The molecule has 1 aromatic heterocycles. The number of hydrogen-bond acceptors (Lipinski definition) is 5. The number of anilines is 1. The van der Waals surface area contributed by atoms with Crippen LogP contribution < -0.4 is 16.0 Å². The van der Waals surface area contributed by atoms with E-state index in [4.69, 9.17) is 5.73 Å². The molecule has 1 aromatic rings. The molecule has 2 unspecified atom stereocenters. The van der Waals surface area contributed by atoms with E-state index < -0.39 is 5.54 Å². The maximum absolute atomic E-state index is 12.2. The maximum atomic E-state index is 12.2. The van der Waals surface area contributed by atoms with Crippen molar-refractivity contribution in [2.24, 2.45) is 5.73 Å². The molecule has 116 valence electrons. The van der Waals surface area contributed by atoms with E-state index in [1.54, 1.807) is 13.1 Å².